The van der Waals surface area contributed by atoms with Gasteiger partial charge < -0.3 is 10.6 Å². The fourth-order valence-corrected chi connectivity index (χ4v) is 3.00. The zero-order valence-electron chi connectivity index (χ0n) is 15.3. The lowest BCUT2D eigenvalue weighted by molar-refractivity contribution is -0.697. The van der Waals surface area contributed by atoms with Crippen LogP contribution in [0.15, 0.2) is 78.9 Å². The van der Waals surface area contributed by atoms with Crippen molar-refractivity contribution in [2.75, 3.05) is 5.32 Å². The Balaban J connectivity index is 1.78. The van der Waals surface area contributed by atoms with Crippen LogP contribution in [0.2, 0.25) is 0 Å². The molecule has 3 nitrogen and oxygen atoms in total. The molecular weight excluding hydrogens is 320 g/mol. The summed E-state index contributed by atoms with van der Waals surface area (Å²) in [4.78, 5) is 13.0. The molecule has 0 fully saturated rings. The van der Waals surface area contributed by atoms with Crippen molar-refractivity contribution in [3.8, 4) is 0 Å². The van der Waals surface area contributed by atoms with Crippen LogP contribution in [0.3, 0.4) is 0 Å². The van der Waals surface area contributed by atoms with Gasteiger partial charge in [0.15, 0.2) is 6.04 Å². The van der Waals surface area contributed by atoms with E-state index in [2.05, 4.69) is 29.7 Å². The molecule has 0 heterocycles. The molecule has 0 saturated carbocycles. The minimum Gasteiger partial charge on any atom is -0.328 e. The number of anilines is 1. The molecule has 3 heteroatoms. The van der Waals surface area contributed by atoms with Crippen LogP contribution >= 0.6 is 0 Å². The first-order chi connectivity index (χ1) is 12.6. The van der Waals surface area contributed by atoms with Crippen LogP contribution in [-0.2, 0) is 11.3 Å². The number of nitrogens with one attached hydrogen (secondary N) is 1. The zero-order chi connectivity index (χ0) is 18.4. The number of hydrogen-bond donors (Lipinski definition) is 2. The van der Waals surface area contributed by atoms with E-state index >= 15 is 0 Å². The fourth-order valence-electron chi connectivity index (χ4n) is 3.00. The molecule has 0 aliphatic carbocycles. The number of quaternary nitrogens is 1. The molecule has 0 aromatic heterocycles. The molecule has 26 heavy (non-hydrogen) atoms. The Morgan fingerprint density at radius 3 is 2.23 bits per heavy atom. The highest BCUT2D eigenvalue weighted by Crippen LogP contribution is 2.14. The van der Waals surface area contributed by atoms with Crippen LogP contribution in [0, 0.1) is 13.8 Å². The number of carbonyl (C=O) groups excluding carboxylic acids is 1. The summed E-state index contributed by atoms with van der Waals surface area (Å²) in [7, 11) is 0. The number of rotatable bonds is 6. The summed E-state index contributed by atoms with van der Waals surface area (Å²) in [5.74, 6) is -0.00589. The molecule has 3 N–H and O–H groups in total. The molecule has 0 aliphatic rings. The molecular formula is C23H25N2O+. The average Bonchev–Trinajstić information content (AvgIpc) is 2.66. The topological polar surface area (TPSA) is 45.7 Å². The van der Waals surface area contributed by atoms with Gasteiger partial charge in [-0.05, 0) is 31.5 Å². The Labute approximate surface area is 155 Å². The van der Waals surface area contributed by atoms with E-state index in [1.165, 1.54) is 16.7 Å². The average molecular weight is 345 g/mol. The second kappa shape index (κ2) is 8.45. The summed E-state index contributed by atoms with van der Waals surface area (Å²) >= 11 is 0. The van der Waals surface area contributed by atoms with E-state index in [0.717, 1.165) is 17.8 Å². The standard InChI is InChI=1S/C23H24N2O/c1-17-12-14-21(15-13-17)25-23(26)22(19-9-4-3-5-10-19)24-16-20-11-7-6-8-18(20)2/h3-15,22,24H,16H2,1-2H3,(H,25,26)/p+1/t22-/m1/s1. The quantitative estimate of drug-likeness (QED) is 0.702. The van der Waals surface area contributed by atoms with Gasteiger partial charge in [0.05, 0.1) is 0 Å². The van der Waals surface area contributed by atoms with Crippen LogP contribution in [0.1, 0.15) is 28.3 Å². The molecule has 132 valence electrons. The Hall–Kier alpha value is -2.91. The number of carbonyl (C=O) groups is 1. The Bertz CT molecular complexity index is 857. The van der Waals surface area contributed by atoms with Gasteiger partial charge in [0.2, 0.25) is 0 Å². The van der Waals surface area contributed by atoms with Crippen molar-refractivity contribution in [3.63, 3.8) is 0 Å². The Kier molecular flexibility index (Phi) is 5.82. The van der Waals surface area contributed by atoms with Gasteiger partial charge in [0.1, 0.15) is 6.54 Å². The second-order valence-corrected chi connectivity index (χ2v) is 6.61. The molecule has 3 aromatic rings. The third-order valence-corrected chi connectivity index (χ3v) is 4.59. The molecule has 0 spiro atoms. The van der Waals surface area contributed by atoms with Gasteiger partial charge in [-0.2, -0.15) is 0 Å². The van der Waals surface area contributed by atoms with Crippen LogP contribution in [0.4, 0.5) is 5.69 Å². The molecule has 3 rings (SSSR count). The lowest BCUT2D eigenvalue weighted by Gasteiger charge is -2.17. The Morgan fingerprint density at radius 2 is 1.54 bits per heavy atom. The SMILES string of the molecule is Cc1ccc(NC(=O)[C@H]([NH2+]Cc2ccccc2C)c2ccccc2)cc1. The number of nitrogens with two attached hydrogens (primary N) is 1. The van der Waals surface area contributed by atoms with E-state index in [4.69, 9.17) is 0 Å². The van der Waals surface area contributed by atoms with Crippen LogP contribution in [-0.4, -0.2) is 5.91 Å². The minimum absolute atomic E-state index is 0.00589. The van der Waals surface area contributed by atoms with Crippen LogP contribution < -0.4 is 10.6 Å². The van der Waals surface area contributed by atoms with Crippen molar-refractivity contribution in [2.45, 2.75) is 26.4 Å². The maximum atomic E-state index is 13.0. The first kappa shape index (κ1) is 17.9. The molecule has 3 aromatic carbocycles. The predicted molar refractivity (Wildman–Crippen MR) is 106 cm³/mol. The van der Waals surface area contributed by atoms with Gasteiger partial charge in [0.25, 0.3) is 5.91 Å². The maximum Gasteiger partial charge on any atom is 0.287 e. The van der Waals surface area contributed by atoms with E-state index in [-0.39, 0.29) is 11.9 Å². The van der Waals surface area contributed by atoms with Gasteiger partial charge in [-0.3, -0.25) is 4.79 Å². The van der Waals surface area contributed by atoms with Crippen LogP contribution in [0.25, 0.3) is 0 Å². The van der Waals surface area contributed by atoms with E-state index < -0.39 is 0 Å². The molecule has 0 saturated heterocycles. The summed E-state index contributed by atoms with van der Waals surface area (Å²) in [6.45, 7) is 4.90. The highest BCUT2D eigenvalue weighted by Gasteiger charge is 2.24. The molecule has 1 amide bonds. The van der Waals surface area contributed by atoms with E-state index in [0.29, 0.717) is 0 Å². The summed E-state index contributed by atoms with van der Waals surface area (Å²) in [6.07, 6.45) is 0. The molecule has 0 bridgehead atoms. The smallest absolute Gasteiger partial charge is 0.287 e. The lowest BCUT2D eigenvalue weighted by atomic mass is 10.0. The number of amides is 1. The zero-order valence-corrected chi connectivity index (χ0v) is 15.3. The Morgan fingerprint density at radius 1 is 0.885 bits per heavy atom. The first-order valence-electron chi connectivity index (χ1n) is 8.94. The van der Waals surface area contributed by atoms with Crippen molar-refractivity contribution in [2.24, 2.45) is 0 Å². The number of aryl methyl sites for hydroxylation is 2. The van der Waals surface area contributed by atoms with Gasteiger partial charge >= 0.3 is 0 Å². The van der Waals surface area contributed by atoms with Gasteiger partial charge in [-0.15, -0.1) is 0 Å². The van der Waals surface area contributed by atoms with Crippen molar-refractivity contribution >= 4 is 11.6 Å². The second-order valence-electron chi connectivity index (χ2n) is 6.61. The van der Waals surface area contributed by atoms with Crippen molar-refractivity contribution in [1.82, 2.24) is 0 Å². The van der Waals surface area contributed by atoms with Gasteiger partial charge in [-0.25, -0.2) is 0 Å². The fraction of sp³-hybridized carbons (Fsp3) is 0.174. The first-order valence-corrected chi connectivity index (χ1v) is 8.94. The number of benzene rings is 3. The van der Waals surface area contributed by atoms with Crippen molar-refractivity contribution in [3.05, 3.63) is 101 Å². The molecule has 0 unspecified atom stereocenters. The summed E-state index contributed by atoms with van der Waals surface area (Å²) < 4.78 is 0. The lowest BCUT2D eigenvalue weighted by Crippen LogP contribution is -2.85. The summed E-state index contributed by atoms with van der Waals surface area (Å²) in [6, 6.07) is 25.8. The van der Waals surface area contributed by atoms with Gasteiger partial charge in [-0.1, -0.05) is 72.3 Å². The predicted octanol–water partition coefficient (Wildman–Crippen LogP) is 3.75. The molecule has 1 atom stereocenters. The third-order valence-electron chi connectivity index (χ3n) is 4.59. The van der Waals surface area contributed by atoms with Gasteiger partial charge in [0, 0.05) is 16.8 Å². The highest BCUT2D eigenvalue weighted by atomic mass is 16.2. The van der Waals surface area contributed by atoms with E-state index in [9.17, 15) is 4.79 Å². The van der Waals surface area contributed by atoms with Crippen LogP contribution in [0.5, 0.6) is 0 Å². The summed E-state index contributed by atoms with van der Waals surface area (Å²) in [5, 5.41) is 5.15. The minimum atomic E-state index is -0.294. The third kappa shape index (κ3) is 4.58. The van der Waals surface area contributed by atoms with E-state index in [1.807, 2.05) is 73.7 Å². The molecule has 0 radical (unpaired) electrons. The van der Waals surface area contributed by atoms with Crippen molar-refractivity contribution in [1.29, 1.82) is 0 Å². The maximum absolute atomic E-state index is 13.0. The van der Waals surface area contributed by atoms with Crippen molar-refractivity contribution < 1.29 is 10.1 Å². The van der Waals surface area contributed by atoms with E-state index in [1.54, 1.807) is 0 Å². The largest absolute Gasteiger partial charge is 0.328 e. The molecule has 0 aliphatic heterocycles. The normalized spacial score (nSPS) is 11.8. The summed E-state index contributed by atoms with van der Waals surface area (Å²) in [5.41, 5.74) is 5.50. The monoisotopic (exact) mass is 345 g/mol. The number of hydrogen-bond acceptors (Lipinski definition) is 1. The highest BCUT2D eigenvalue weighted by molar-refractivity contribution is 5.94.